The standard InChI is InChI=1S/C18H17NO2/c1-3-19-12-16(15-6-4-5-7-17(15)19)18(20)13-8-10-14(21-2)11-9-13/h4-12H,3H2,1-2H3. The number of benzene rings is 2. The van der Waals surface area contributed by atoms with Crippen molar-refractivity contribution in [3.63, 3.8) is 0 Å². The highest BCUT2D eigenvalue weighted by atomic mass is 16.5. The van der Waals surface area contributed by atoms with Gasteiger partial charge >= 0.3 is 0 Å². The van der Waals surface area contributed by atoms with Gasteiger partial charge in [-0.1, -0.05) is 18.2 Å². The van der Waals surface area contributed by atoms with Crippen LogP contribution >= 0.6 is 0 Å². The molecule has 3 nitrogen and oxygen atoms in total. The maximum absolute atomic E-state index is 12.7. The molecule has 3 heteroatoms. The number of aryl methyl sites for hydroxylation is 1. The molecule has 3 rings (SSSR count). The Balaban J connectivity index is 2.08. The Morgan fingerprint density at radius 3 is 2.48 bits per heavy atom. The summed E-state index contributed by atoms with van der Waals surface area (Å²) in [6.45, 7) is 2.92. The highest BCUT2D eigenvalue weighted by Gasteiger charge is 2.16. The van der Waals surface area contributed by atoms with Crippen LogP contribution < -0.4 is 4.74 Å². The first kappa shape index (κ1) is 13.4. The van der Waals surface area contributed by atoms with Crippen LogP contribution in [0.15, 0.2) is 54.7 Å². The molecule has 0 saturated carbocycles. The second kappa shape index (κ2) is 5.44. The minimum absolute atomic E-state index is 0.0426. The minimum atomic E-state index is 0.0426. The van der Waals surface area contributed by atoms with Crippen LogP contribution in [0.4, 0.5) is 0 Å². The number of rotatable bonds is 4. The van der Waals surface area contributed by atoms with Crippen molar-refractivity contribution in [2.45, 2.75) is 13.5 Å². The fourth-order valence-electron chi connectivity index (χ4n) is 2.59. The van der Waals surface area contributed by atoms with E-state index >= 15 is 0 Å². The molecule has 0 saturated heterocycles. The van der Waals surface area contributed by atoms with E-state index in [9.17, 15) is 4.79 Å². The van der Waals surface area contributed by atoms with Crippen molar-refractivity contribution in [2.75, 3.05) is 7.11 Å². The first-order chi connectivity index (χ1) is 10.2. The van der Waals surface area contributed by atoms with Gasteiger partial charge in [-0.3, -0.25) is 4.79 Å². The Labute approximate surface area is 123 Å². The predicted molar refractivity (Wildman–Crippen MR) is 84.0 cm³/mol. The van der Waals surface area contributed by atoms with Crippen LogP contribution in [0.2, 0.25) is 0 Å². The number of carbonyl (C=O) groups is 1. The third kappa shape index (κ3) is 2.31. The maximum Gasteiger partial charge on any atom is 0.195 e. The van der Waals surface area contributed by atoms with Crippen LogP contribution in [-0.4, -0.2) is 17.5 Å². The lowest BCUT2D eigenvalue weighted by Crippen LogP contribution is -2.00. The summed E-state index contributed by atoms with van der Waals surface area (Å²) >= 11 is 0. The number of hydrogen-bond acceptors (Lipinski definition) is 2. The zero-order valence-electron chi connectivity index (χ0n) is 12.2. The zero-order chi connectivity index (χ0) is 14.8. The number of methoxy groups -OCH3 is 1. The van der Waals surface area contributed by atoms with E-state index in [0.717, 1.165) is 28.8 Å². The molecule has 2 aromatic carbocycles. The van der Waals surface area contributed by atoms with Crippen molar-refractivity contribution in [3.05, 3.63) is 65.9 Å². The molecule has 0 fully saturated rings. The third-order valence-electron chi connectivity index (χ3n) is 3.73. The largest absolute Gasteiger partial charge is 0.497 e. The number of carbonyl (C=O) groups excluding carboxylic acids is 1. The number of hydrogen-bond donors (Lipinski definition) is 0. The number of para-hydroxylation sites is 1. The minimum Gasteiger partial charge on any atom is -0.497 e. The molecule has 0 unspecified atom stereocenters. The lowest BCUT2D eigenvalue weighted by atomic mass is 10.0. The summed E-state index contributed by atoms with van der Waals surface area (Å²) in [7, 11) is 1.62. The summed E-state index contributed by atoms with van der Waals surface area (Å²) in [5, 5.41) is 1.00. The number of ether oxygens (including phenoxy) is 1. The molecule has 106 valence electrons. The molecule has 1 heterocycles. The Morgan fingerprint density at radius 2 is 1.81 bits per heavy atom. The molecule has 1 aromatic heterocycles. The summed E-state index contributed by atoms with van der Waals surface area (Å²) in [5.74, 6) is 0.795. The smallest absolute Gasteiger partial charge is 0.195 e. The van der Waals surface area contributed by atoms with E-state index in [-0.39, 0.29) is 5.78 Å². The highest BCUT2D eigenvalue weighted by Crippen LogP contribution is 2.24. The molecule has 0 aliphatic heterocycles. The molecule has 0 amide bonds. The van der Waals surface area contributed by atoms with Crippen molar-refractivity contribution in [2.24, 2.45) is 0 Å². The highest BCUT2D eigenvalue weighted by molar-refractivity contribution is 6.16. The molecular formula is C18H17NO2. The van der Waals surface area contributed by atoms with Crippen molar-refractivity contribution >= 4 is 16.7 Å². The Bertz CT molecular complexity index is 785. The Kier molecular flexibility index (Phi) is 3.48. The van der Waals surface area contributed by atoms with Gasteiger partial charge in [0.05, 0.1) is 7.11 Å². The summed E-state index contributed by atoms with van der Waals surface area (Å²) in [6.07, 6.45) is 1.94. The van der Waals surface area contributed by atoms with Gasteiger partial charge in [-0.2, -0.15) is 0 Å². The van der Waals surface area contributed by atoms with Gasteiger partial charge in [0.15, 0.2) is 5.78 Å². The van der Waals surface area contributed by atoms with E-state index in [0.29, 0.717) is 5.56 Å². The van der Waals surface area contributed by atoms with Crippen LogP contribution in [0.5, 0.6) is 5.75 Å². The second-order valence-corrected chi connectivity index (χ2v) is 4.90. The van der Waals surface area contributed by atoms with E-state index in [1.54, 1.807) is 19.2 Å². The van der Waals surface area contributed by atoms with E-state index in [2.05, 4.69) is 11.5 Å². The molecule has 0 aliphatic rings. The summed E-state index contributed by atoms with van der Waals surface area (Å²) in [6, 6.07) is 15.2. The number of nitrogens with zero attached hydrogens (tertiary/aromatic N) is 1. The molecular weight excluding hydrogens is 262 g/mol. The van der Waals surface area contributed by atoms with Gasteiger partial charge in [0.1, 0.15) is 5.75 Å². The topological polar surface area (TPSA) is 31.2 Å². The second-order valence-electron chi connectivity index (χ2n) is 4.90. The average Bonchev–Trinajstić information content (AvgIpc) is 2.93. The van der Waals surface area contributed by atoms with Gasteiger partial charge in [-0.15, -0.1) is 0 Å². The lowest BCUT2D eigenvalue weighted by molar-refractivity contribution is 0.104. The number of aromatic nitrogens is 1. The predicted octanol–water partition coefficient (Wildman–Crippen LogP) is 3.90. The molecule has 0 spiro atoms. The summed E-state index contributed by atoms with van der Waals surface area (Å²) < 4.78 is 7.23. The number of ketones is 1. The van der Waals surface area contributed by atoms with Gasteiger partial charge < -0.3 is 9.30 Å². The zero-order valence-corrected chi connectivity index (χ0v) is 12.2. The number of fused-ring (bicyclic) bond motifs is 1. The first-order valence-electron chi connectivity index (χ1n) is 7.01. The molecule has 0 N–H and O–H groups in total. The Morgan fingerprint density at radius 1 is 1.10 bits per heavy atom. The van der Waals surface area contributed by atoms with Gasteiger partial charge in [0, 0.05) is 34.8 Å². The van der Waals surface area contributed by atoms with Crippen molar-refractivity contribution < 1.29 is 9.53 Å². The summed E-state index contributed by atoms with van der Waals surface area (Å²) in [5.41, 5.74) is 2.52. The Hall–Kier alpha value is -2.55. The van der Waals surface area contributed by atoms with Crippen LogP contribution in [0, 0.1) is 0 Å². The fraction of sp³-hybridized carbons (Fsp3) is 0.167. The first-order valence-corrected chi connectivity index (χ1v) is 7.01. The molecule has 3 aromatic rings. The molecule has 0 radical (unpaired) electrons. The summed E-state index contributed by atoms with van der Waals surface area (Å²) in [4.78, 5) is 12.7. The van der Waals surface area contributed by atoms with Crippen LogP contribution in [0.25, 0.3) is 10.9 Å². The lowest BCUT2D eigenvalue weighted by Gasteiger charge is -2.02. The third-order valence-corrected chi connectivity index (χ3v) is 3.73. The molecule has 21 heavy (non-hydrogen) atoms. The van der Waals surface area contributed by atoms with E-state index in [1.165, 1.54) is 0 Å². The van der Waals surface area contributed by atoms with Crippen molar-refractivity contribution in [3.8, 4) is 5.75 Å². The van der Waals surface area contributed by atoms with Crippen LogP contribution in [0.1, 0.15) is 22.8 Å². The monoisotopic (exact) mass is 279 g/mol. The van der Waals surface area contributed by atoms with Crippen molar-refractivity contribution in [1.29, 1.82) is 0 Å². The molecule has 0 atom stereocenters. The van der Waals surface area contributed by atoms with Crippen LogP contribution in [-0.2, 0) is 6.54 Å². The normalized spacial score (nSPS) is 10.8. The van der Waals surface area contributed by atoms with Gasteiger partial charge in [-0.25, -0.2) is 0 Å². The quantitative estimate of drug-likeness (QED) is 0.678. The van der Waals surface area contributed by atoms with Gasteiger partial charge in [0.25, 0.3) is 0 Å². The SMILES string of the molecule is CCn1cc(C(=O)c2ccc(OC)cc2)c2ccccc21. The van der Waals surface area contributed by atoms with E-state index in [4.69, 9.17) is 4.74 Å². The van der Waals surface area contributed by atoms with E-state index < -0.39 is 0 Å². The fourth-order valence-corrected chi connectivity index (χ4v) is 2.59. The van der Waals surface area contributed by atoms with E-state index in [1.807, 2.05) is 42.6 Å². The average molecular weight is 279 g/mol. The maximum atomic E-state index is 12.7. The molecule has 0 aliphatic carbocycles. The van der Waals surface area contributed by atoms with Gasteiger partial charge in [-0.05, 0) is 37.3 Å². The van der Waals surface area contributed by atoms with Gasteiger partial charge in [0.2, 0.25) is 0 Å². The molecule has 0 bridgehead atoms. The van der Waals surface area contributed by atoms with Crippen LogP contribution in [0.3, 0.4) is 0 Å². The van der Waals surface area contributed by atoms with Crippen molar-refractivity contribution in [1.82, 2.24) is 4.57 Å².